The fourth-order valence-corrected chi connectivity index (χ4v) is 3.88. The number of aromatic nitrogens is 2. The highest BCUT2D eigenvalue weighted by Crippen LogP contribution is 2.23. The molecule has 0 aromatic carbocycles. The zero-order chi connectivity index (χ0) is 9.64. The summed E-state index contributed by atoms with van der Waals surface area (Å²) in [6.45, 7) is 0.996. The van der Waals surface area contributed by atoms with Crippen molar-refractivity contribution in [3.05, 3.63) is 18.3 Å². The fraction of sp³-hybridized carbons (Fsp3) is 0.556. The molecule has 1 unspecified atom stereocenters. The normalized spacial score (nSPS) is 21.9. The Morgan fingerprint density at radius 3 is 3.21 bits per heavy atom. The van der Waals surface area contributed by atoms with Gasteiger partial charge in [-0.25, -0.2) is 0 Å². The van der Waals surface area contributed by atoms with Gasteiger partial charge in [0.15, 0.2) is 0 Å². The molecule has 0 saturated carbocycles. The average molecular weight is 227 g/mol. The van der Waals surface area contributed by atoms with Gasteiger partial charge in [0, 0.05) is 35.3 Å². The van der Waals surface area contributed by atoms with E-state index in [4.69, 9.17) is 0 Å². The van der Waals surface area contributed by atoms with E-state index in [9.17, 15) is 0 Å². The Balaban J connectivity index is 1.76. The average Bonchev–Trinajstić information content (AvgIpc) is 2.29. The fourth-order valence-electron chi connectivity index (χ4n) is 1.27. The summed E-state index contributed by atoms with van der Waals surface area (Å²) < 4.78 is 0. The van der Waals surface area contributed by atoms with Gasteiger partial charge in [-0.3, -0.25) is 0 Å². The molecule has 0 radical (unpaired) electrons. The number of anilines is 1. The molecule has 2 rings (SSSR count). The second kappa shape index (κ2) is 5.46. The van der Waals surface area contributed by atoms with E-state index in [-0.39, 0.29) is 0 Å². The Morgan fingerprint density at radius 1 is 1.50 bits per heavy atom. The first kappa shape index (κ1) is 10.1. The Bertz CT molecular complexity index is 262. The minimum atomic E-state index is 0.718. The third-order valence-electron chi connectivity index (χ3n) is 1.97. The van der Waals surface area contributed by atoms with Crippen LogP contribution in [-0.2, 0) is 0 Å². The van der Waals surface area contributed by atoms with Gasteiger partial charge >= 0.3 is 0 Å². The van der Waals surface area contributed by atoms with Crippen LogP contribution < -0.4 is 5.32 Å². The number of nitrogens with zero attached hydrogens (tertiary/aromatic N) is 2. The van der Waals surface area contributed by atoms with E-state index < -0.39 is 0 Å². The Kier molecular flexibility index (Phi) is 3.94. The van der Waals surface area contributed by atoms with Gasteiger partial charge in [-0.2, -0.15) is 28.6 Å². The third kappa shape index (κ3) is 3.06. The van der Waals surface area contributed by atoms with Crippen LogP contribution in [0.25, 0.3) is 0 Å². The molecule has 1 fully saturated rings. The minimum Gasteiger partial charge on any atom is -0.367 e. The van der Waals surface area contributed by atoms with E-state index in [1.165, 1.54) is 17.3 Å². The van der Waals surface area contributed by atoms with Crippen LogP contribution in [0, 0.1) is 0 Å². The van der Waals surface area contributed by atoms with Crippen molar-refractivity contribution < 1.29 is 0 Å². The minimum absolute atomic E-state index is 0.718. The highest BCUT2D eigenvalue weighted by Gasteiger charge is 2.13. The van der Waals surface area contributed by atoms with Crippen LogP contribution in [0.3, 0.4) is 0 Å². The molecule has 2 heterocycles. The molecule has 1 aromatic rings. The summed E-state index contributed by atoms with van der Waals surface area (Å²) in [7, 11) is 0. The predicted molar refractivity (Wildman–Crippen MR) is 64.1 cm³/mol. The van der Waals surface area contributed by atoms with Gasteiger partial charge in [-0.05, 0) is 12.1 Å². The van der Waals surface area contributed by atoms with Crippen molar-refractivity contribution in [2.75, 3.05) is 29.1 Å². The maximum absolute atomic E-state index is 3.99. The van der Waals surface area contributed by atoms with Crippen molar-refractivity contribution in [1.82, 2.24) is 10.2 Å². The van der Waals surface area contributed by atoms with Crippen molar-refractivity contribution in [2.45, 2.75) is 5.25 Å². The van der Waals surface area contributed by atoms with Crippen molar-refractivity contribution in [1.29, 1.82) is 0 Å². The van der Waals surface area contributed by atoms with Crippen LogP contribution in [0.15, 0.2) is 18.3 Å². The van der Waals surface area contributed by atoms with E-state index in [0.717, 1.165) is 17.6 Å². The number of hydrogen-bond acceptors (Lipinski definition) is 5. The zero-order valence-corrected chi connectivity index (χ0v) is 9.48. The molecule has 1 saturated heterocycles. The molecular weight excluding hydrogens is 214 g/mol. The second-order valence-electron chi connectivity index (χ2n) is 3.06. The standard InChI is InChI=1S/C9H13N3S2/c1-2-9(12-11-3-1)10-6-8-7-13-4-5-14-8/h1-3,8H,4-7H2,(H,10,12). The molecule has 3 nitrogen and oxygen atoms in total. The molecule has 0 spiro atoms. The van der Waals surface area contributed by atoms with E-state index in [1.54, 1.807) is 6.20 Å². The molecule has 1 aromatic heterocycles. The molecule has 0 bridgehead atoms. The van der Waals surface area contributed by atoms with E-state index in [2.05, 4.69) is 27.3 Å². The topological polar surface area (TPSA) is 37.8 Å². The molecule has 0 amide bonds. The summed E-state index contributed by atoms with van der Waals surface area (Å²) in [5.41, 5.74) is 0. The lowest BCUT2D eigenvalue weighted by Crippen LogP contribution is -2.23. The number of nitrogens with one attached hydrogen (secondary N) is 1. The molecular formula is C9H13N3S2. The van der Waals surface area contributed by atoms with Crippen LogP contribution in [0.4, 0.5) is 5.82 Å². The van der Waals surface area contributed by atoms with Gasteiger partial charge < -0.3 is 5.32 Å². The number of rotatable bonds is 3. The largest absolute Gasteiger partial charge is 0.367 e. The van der Waals surface area contributed by atoms with Gasteiger partial charge in [0.1, 0.15) is 5.82 Å². The summed E-state index contributed by atoms with van der Waals surface area (Å²) in [5.74, 6) is 4.70. The van der Waals surface area contributed by atoms with Crippen molar-refractivity contribution >= 4 is 29.3 Å². The van der Waals surface area contributed by atoms with Crippen molar-refractivity contribution in [2.24, 2.45) is 0 Å². The first-order valence-corrected chi connectivity index (χ1v) is 6.86. The molecule has 0 aliphatic carbocycles. The number of hydrogen-bond donors (Lipinski definition) is 1. The maximum atomic E-state index is 3.99. The SMILES string of the molecule is c1cnnc(NCC2CSCCS2)c1. The lowest BCUT2D eigenvalue weighted by molar-refractivity contribution is 0.960. The van der Waals surface area contributed by atoms with E-state index in [0.29, 0.717) is 0 Å². The van der Waals surface area contributed by atoms with E-state index >= 15 is 0 Å². The second-order valence-corrected chi connectivity index (χ2v) is 5.62. The highest BCUT2D eigenvalue weighted by molar-refractivity contribution is 8.06. The Hall–Kier alpha value is -0.420. The smallest absolute Gasteiger partial charge is 0.148 e. The Morgan fingerprint density at radius 2 is 2.50 bits per heavy atom. The summed E-state index contributed by atoms with van der Waals surface area (Å²) in [6, 6.07) is 3.85. The van der Waals surface area contributed by atoms with Gasteiger partial charge in [0.05, 0.1) is 0 Å². The third-order valence-corrected chi connectivity index (χ3v) is 4.81. The maximum Gasteiger partial charge on any atom is 0.148 e. The van der Waals surface area contributed by atoms with Crippen molar-refractivity contribution in [3.8, 4) is 0 Å². The lowest BCUT2D eigenvalue weighted by atomic mass is 10.4. The predicted octanol–water partition coefficient (Wildman–Crippen LogP) is 1.74. The summed E-state index contributed by atoms with van der Waals surface area (Å²) in [6.07, 6.45) is 1.69. The van der Waals surface area contributed by atoms with Gasteiger partial charge in [-0.15, -0.1) is 5.10 Å². The van der Waals surface area contributed by atoms with Gasteiger partial charge in [0.25, 0.3) is 0 Å². The summed E-state index contributed by atoms with van der Waals surface area (Å²) in [4.78, 5) is 0. The van der Waals surface area contributed by atoms with Crippen LogP contribution in [0.5, 0.6) is 0 Å². The molecule has 1 aliphatic heterocycles. The van der Waals surface area contributed by atoms with Crippen LogP contribution in [-0.4, -0.2) is 39.3 Å². The summed E-state index contributed by atoms with van der Waals surface area (Å²) in [5, 5.41) is 11.8. The molecule has 1 N–H and O–H groups in total. The van der Waals surface area contributed by atoms with Gasteiger partial charge in [-0.1, -0.05) is 0 Å². The number of thioether (sulfide) groups is 2. The monoisotopic (exact) mass is 227 g/mol. The van der Waals surface area contributed by atoms with Crippen LogP contribution in [0.1, 0.15) is 0 Å². The van der Waals surface area contributed by atoms with Crippen molar-refractivity contribution in [3.63, 3.8) is 0 Å². The Labute approximate surface area is 92.5 Å². The first-order chi connectivity index (χ1) is 6.95. The quantitative estimate of drug-likeness (QED) is 0.851. The first-order valence-electron chi connectivity index (χ1n) is 4.66. The molecule has 76 valence electrons. The molecule has 5 heteroatoms. The highest BCUT2D eigenvalue weighted by atomic mass is 32.2. The zero-order valence-electron chi connectivity index (χ0n) is 7.85. The van der Waals surface area contributed by atoms with E-state index in [1.807, 2.05) is 23.9 Å². The van der Waals surface area contributed by atoms with Crippen LogP contribution in [0.2, 0.25) is 0 Å². The van der Waals surface area contributed by atoms with Gasteiger partial charge in [0.2, 0.25) is 0 Å². The van der Waals surface area contributed by atoms with Crippen LogP contribution >= 0.6 is 23.5 Å². The lowest BCUT2D eigenvalue weighted by Gasteiger charge is -2.21. The summed E-state index contributed by atoms with van der Waals surface area (Å²) >= 11 is 4.09. The molecule has 1 atom stereocenters. The molecule has 14 heavy (non-hydrogen) atoms. The molecule has 1 aliphatic rings.